The van der Waals surface area contributed by atoms with Crippen LogP contribution in [0, 0.1) is 0 Å². The van der Waals surface area contributed by atoms with Crippen molar-refractivity contribution in [3.63, 3.8) is 0 Å². The zero-order valence-electron chi connectivity index (χ0n) is 50.5. The Labute approximate surface area is 527 Å². The summed E-state index contributed by atoms with van der Waals surface area (Å²) in [6.45, 7) is 9.33. The molecule has 0 saturated carbocycles. The third-order valence-electron chi connectivity index (χ3n) is 14.1. The van der Waals surface area contributed by atoms with Gasteiger partial charge in [0.05, 0.1) is 52.2 Å². The summed E-state index contributed by atoms with van der Waals surface area (Å²) in [7, 11) is 0. The van der Waals surface area contributed by atoms with Crippen molar-refractivity contribution in [3.8, 4) is 11.5 Å². The number of carbonyl (C=O) groups excluding carboxylic acids is 8. The van der Waals surface area contributed by atoms with Crippen LogP contribution >= 0.6 is 0 Å². The zero-order valence-corrected chi connectivity index (χ0v) is 53.8. The molecular weight excluding hydrogens is 1260 g/mol. The van der Waals surface area contributed by atoms with Gasteiger partial charge < -0.3 is 55.8 Å². The monoisotopic (exact) mass is 1350 g/mol. The number of nitrogens with one attached hydrogen (secondary N) is 6. The summed E-state index contributed by atoms with van der Waals surface area (Å²) in [4.78, 5) is 115. The molecule has 0 radical (unpaired) electrons. The van der Waals surface area contributed by atoms with Gasteiger partial charge in [-0.05, 0) is 53.8 Å². The maximum Gasteiger partial charge on any atom is 0.242 e. The first-order valence-corrected chi connectivity index (χ1v) is 34.0. The Hall–Kier alpha value is -7.16. The molecule has 6 rings (SSSR count). The predicted molar refractivity (Wildman–Crippen MR) is 324 cm³/mol. The van der Waals surface area contributed by atoms with Gasteiger partial charge in [0.2, 0.25) is 17.7 Å². The number of ether oxygens (including phenoxy) is 5. The number of rotatable bonds is 33. The van der Waals surface area contributed by atoms with Gasteiger partial charge in [0.25, 0.3) is 0 Å². The molecule has 0 aromatic heterocycles. The van der Waals surface area contributed by atoms with Crippen LogP contribution < -0.4 is 42.4 Å². The van der Waals surface area contributed by atoms with E-state index in [1.165, 1.54) is 12.1 Å². The van der Waals surface area contributed by atoms with Crippen molar-refractivity contribution in [1.29, 1.82) is 0 Å². The molecule has 3 aliphatic heterocycles. The zero-order chi connectivity index (χ0) is 63.4. The minimum Gasteiger partial charge on any atom is -0.508 e. The summed E-state index contributed by atoms with van der Waals surface area (Å²) in [5.74, 6) is -3.38. The predicted octanol–water partition coefficient (Wildman–Crippen LogP) is -1.33. The maximum atomic E-state index is 14.4. The van der Waals surface area contributed by atoms with Crippen molar-refractivity contribution in [2.45, 2.75) is 44.7 Å². The van der Waals surface area contributed by atoms with E-state index in [-0.39, 0.29) is 102 Å². The fourth-order valence-corrected chi connectivity index (χ4v) is 12.2. The van der Waals surface area contributed by atoms with Crippen LogP contribution in [0.15, 0.2) is 83.9 Å². The number of hydrogen-bond donors (Lipinski definition) is 8. The van der Waals surface area contributed by atoms with Crippen LogP contribution in [-0.2, 0) is 67.6 Å². The number of fused-ring (bicyclic) bond motifs is 7. The molecule has 3 saturated heterocycles. The number of nitrogens with two attached hydrogens (primary N) is 1. The second-order valence-electron chi connectivity index (χ2n) is 20.9. The minimum atomic E-state index is -4.22. The molecule has 30 heteroatoms. The topological polar surface area (TPSA) is 354 Å². The number of phenols is 1. The van der Waals surface area contributed by atoms with Crippen molar-refractivity contribution in [1.82, 2.24) is 51.5 Å². The van der Waals surface area contributed by atoms with Crippen molar-refractivity contribution in [3.05, 3.63) is 95.6 Å². The fourth-order valence-electron chi connectivity index (χ4n) is 9.34. The Morgan fingerprint density at radius 1 is 0.618 bits per heavy atom. The molecule has 4 bridgehead atoms. The average molecular weight is 1350 g/mol. The summed E-state index contributed by atoms with van der Waals surface area (Å²) in [6, 6.07) is 21.1. The first kappa shape index (κ1) is 70.9. The van der Waals surface area contributed by atoms with E-state index in [2.05, 4.69) is 36.9 Å². The molecule has 4 atom stereocenters. The number of aliphatic imine (C=N–C) groups is 1. The van der Waals surface area contributed by atoms with E-state index in [0.717, 1.165) is 5.56 Å². The number of nitrogens with zero attached hydrogens (tertiary/aromatic N) is 5. The van der Waals surface area contributed by atoms with Crippen molar-refractivity contribution in [2.75, 3.05) is 164 Å². The van der Waals surface area contributed by atoms with Gasteiger partial charge in [-0.25, -0.2) is 4.79 Å². The number of phenolic OH excluding ortho intramolecular Hbond substituents is 1. The van der Waals surface area contributed by atoms with Gasteiger partial charge in [-0.3, -0.25) is 24.7 Å². The Morgan fingerprint density at radius 3 is 1.75 bits per heavy atom. The first-order chi connectivity index (χ1) is 43.2. The fraction of sp³-hybridized carbons (Fsp3) is 0.542. The molecule has 486 valence electrons. The average Bonchev–Trinajstić information content (AvgIpc) is 2.55. The minimum absolute atomic E-state index is 0.00496. The second-order valence-corrected chi connectivity index (χ2v) is 24.5. The summed E-state index contributed by atoms with van der Waals surface area (Å²) in [5.41, 5.74) is 7.99. The largest absolute Gasteiger partial charge is 0.508 e. The van der Waals surface area contributed by atoms with Crippen LogP contribution in [0.2, 0.25) is 0 Å². The van der Waals surface area contributed by atoms with Gasteiger partial charge >= 0.3 is 197 Å². The Bertz CT molecular complexity index is 2700. The molecule has 3 aromatic carbocycles. The van der Waals surface area contributed by atoms with Gasteiger partial charge in [-0.15, -0.1) is 0 Å². The number of guanidine groups is 1. The van der Waals surface area contributed by atoms with Crippen molar-refractivity contribution in [2.24, 2.45) is 10.7 Å². The van der Waals surface area contributed by atoms with Crippen molar-refractivity contribution >= 4 is 76.3 Å². The van der Waals surface area contributed by atoms with E-state index < -0.39 is 70.5 Å². The molecule has 3 heterocycles. The molecule has 0 spiro atoms. The third-order valence-corrected chi connectivity index (χ3v) is 18.0. The SMILES string of the molecule is CCC(=O)NCCNC(=O)NC(N)=NCCCC(NC(=O)[C@H](c1ccccc1)c1cccc(OCCOCCOCCOCCOCCNC(=O)CN2CCN3CCN4CCN(CC2)CC(=O)[O][In]([O]C(=O)C3)[O]C(=O)C4)c1)C(=O)NCc1ccc(O)cc1. The molecular formula is C59H85InN12O17. The first-order valence-electron chi connectivity index (χ1n) is 30.0. The van der Waals surface area contributed by atoms with Crippen LogP contribution in [0.3, 0.4) is 0 Å². The van der Waals surface area contributed by atoms with E-state index in [1.54, 1.807) is 37.3 Å². The van der Waals surface area contributed by atoms with Gasteiger partial charge in [-0.2, -0.15) is 0 Å². The second kappa shape index (κ2) is 40.5. The summed E-state index contributed by atoms with van der Waals surface area (Å²) in [5, 5.41) is 26.2. The Morgan fingerprint density at radius 2 is 1.16 bits per heavy atom. The number of urea groups is 1. The molecule has 9 N–H and O–H groups in total. The van der Waals surface area contributed by atoms with Crippen LogP contribution in [0.5, 0.6) is 11.5 Å². The van der Waals surface area contributed by atoms with Gasteiger partial charge in [-0.1, -0.05) is 61.5 Å². The smallest absolute Gasteiger partial charge is 0.242 e. The normalized spacial score (nSPS) is 18.2. The maximum absolute atomic E-state index is 14.4. The number of aromatic hydroxyl groups is 1. The van der Waals surface area contributed by atoms with E-state index >= 15 is 0 Å². The van der Waals surface area contributed by atoms with Gasteiger partial charge in [0.15, 0.2) is 5.96 Å². The molecule has 3 unspecified atom stereocenters. The summed E-state index contributed by atoms with van der Waals surface area (Å²) >= 11 is -4.22. The van der Waals surface area contributed by atoms with Gasteiger partial charge in [0.1, 0.15) is 24.1 Å². The Balaban J connectivity index is 0.856. The van der Waals surface area contributed by atoms with Crippen LogP contribution in [0.25, 0.3) is 0 Å². The van der Waals surface area contributed by atoms with Crippen LogP contribution in [0.1, 0.15) is 48.8 Å². The van der Waals surface area contributed by atoms with Crippen LogP contribution in [-0.4, -0.2) is 271 Å². The van der Waals surface area contributed by atoms with Crippen molar-refractivity contribution < 1.29 is 75.7 Å². The molecule has 3 fully saturated rings. The Kier molecular flexibility index (Phi) is 32.3. The molecule has 0 aliphatic carbocycles. The molecule has 29 nitrogen and oxygen atoms in total. The molecule has 89 heavy (non-hydrogen) atoms. The van der Waals surface area contributed by atoms with Gasteiger partial charge in [0, 0.05) is 32.6 Å². The van der Waals surface area contributed by atoms with E-state index in [4.69, 9.17) is 38.0 Å². The number of benzene rings is 3. The quantitative estimate of drug-likeness (QED) is 0.0199. The van der Waals surface area contributed by atoms with Crippen LogP contribution in [0.4, 0.5) is 4.79 Å². The number of amides is 6. The number of hydrogen-bond acceptors (Lipinski definition) is 22. The molecule has 6 amide bonds. The summed E-state index contributed by atoms with van der Waals surface area (Å²) in [6.07, 6.45) is 0.803. The summed E-state index contributed by atoms with van der Waals surface area (Å²) < 4.78 is 45.0. The number of carbonyl (C=O) groups is 8. The molecule has 3 aliphatic rings. The molecule has 3 aromatic rings. The van der Waals surface area contributed by atoms with E-state index in [9.17, 15) is 43.5 Å². The standard InChI is InChI=1S/C59H88N12O17.In/c1-2-50(73)61-18-19-64-59(83)67-58(60)63-17-7-12-49(56(81)65-39-44-13-15-47(72)16-14-44)66-57(82)55(45-8-4-3-5-9-45)46-10-6-11-48(38-46)88-37-36-87-35-34-86-33-32-85-31-30-84-29-20-62-51(74)40-68-21-23-69(41-52(75)76)25-27-71(43-54(79)80)28-26-70(24-22-68)42-53(77)78;/h3-6,8-11,13-16,38,49,55,72H,2,7,12,17-37,39-43H2,1H3,(H,61,73)(H,62,74)(H,65,81)(H,66,82)(H,75,76)(H,77,78)(H,79,80)(H4,60,63,64,67,83);/q;+3/p-3/t49?,55-;/m1./s1. The van der Waals surface area contributed by atoms with E-state index in [0.29, 0.717) is 128 Å². The van der Waals surface area contributed by atoms with E-state index in [1.807, 2.05) is 56.0 Å². The third kappa shape index (κ3) is 28.5.